The first-order valence-electron chi connectivity index (χ1n) is 18.5. The summed E-state index contributed by atoms with van der Waals surface area (Å²) >= 11 is 0. The number of amidine groups is 1. The number of aliphatic imine (C=N–C) groups is 1. The van der Waals surface area contributed by atoms with Crippen molar-refractivity contribution in [1.82, 2.24) is 5.32 Å². The SMILES string of the molecule is CC1(C)c2ccccc2-c2cc3c(cc21)N(c1cccc(C2N=C(c4ccccc4)NC(c4ccccc4)[NH2+]2)c1)C1C=CC(c2ccccc2)=CC31. The normalized spacial score (nSPS) is 22.0. The van der Waals surface area contributed by atoms with Crippen molar-refractivity contribution in [3.05, 3.63) is 209 Å². The topological polar surface area (TPSA) is 44.2 Å². The Balaban J connectivity index is 1.10. The summed E-state index contributed by atoms with van der Waals surface area (Å²) in [4.78, 5) is 7.92. The van der Waals surface area contributed by atoms with Gasteiger partial charge in [-0.1, -0.05) is 159 Å². The number of rotatable bonds is 5. The average molecular weight is 674 g/mol. The van der Waals surface area contributed by atoms with Gasteiger partial charge in [0.25, 0.3) is 0 Å². The van der Waals surface area contributed by atoms with Crippen LogP contribution in [-0.2, 0) is 5.41 Å². The molecule has 0 spiro atoms. The van der Waals surface area contributed by atoms with Crippen LogP contribution < -0.4 is 15.5 Å². The molecule has 0 radical (unpaired) electrons. The van der Waals surface area contributed by atoms with E-state index in [0.717, 1.165) is 11.4 Å². The van der Waals surface area contributed by atoms with E-state index in [1.165, 1.54) is 61.5 Å². The minimum Gasteiger partial charge on any atom is -0.333 e. The first kappa shape index (κ1) is 30.8. The van der Waals surface area contributed by atoms with Crippen LogP contribution in [0.5, 0.6) is 0 Å². The Morgan fingerprint density at radius 1 is 0.654 bits per heavy atom. The van der Waals surface area contributed by atoms with E-state index in [9.17, 15) is 0 Å². The van der Waals surface area contributed by atoms with Crippen molar-refractivity contribution in [2.24, 2.45) is 4.99 Å². The molecular formula is C48H41N4+. The minimum atomic E-state index is -0.112. The zero-order chi connectivity index (χ0) is 34.8. The van der Waals surface area contributed by atoms with Crippen LogP contribution in [0.2, 0.25) is 0 Å². The molecule has 10 rings (SSSR count). The van der Waals surface area contributed by atoms with E-state index in [1.54, 1.807) is 0 Å². The Bertz CT molecular complexity index is 2410. The third-order valence-electron chi connectivity index (χ3n) is 11.6. The van der Waals surface area contributed by atoms with Crippen molar-refractivity contribution < 1.29 is 5.32 Å². The summed E-state index contributed by atoms with van der Waals surface area (Å²) in [6.07, 6.45) is 7.18. The maximum absolute atomic E-state index is 5.33. The van der Waals surface area contributed by atoms with Gasteiger partial charge in [-0.3, -0.25) is 5.32 Å². The molecule has 0 fully saturated rings. The van der Waals surface area contributed by atoms with Crippen LogP contribution in [0.3, 0.4) is 0 Å². The van der Waals surface area contributed by atoms with E-state index in [1.807, 2.05) is 0 Å². The van der Waals surface area contributed by atoms with E-state index in [4.69, 9.17) is 4.99 Å². The lowest BCUT2D eigenvalue weighted by Gasteiger charge is -2.32. The standard InChI is InChI=1S/C48H40N4/c1-48(2)41-24-13-12-23-37(41)38-29-40-39-28-34(31-15-6-3-7-16-31)25-26-43(39)52(44(40)30-42(38)48)36-22-14-21-35(27-36)47-50-45(32-17-8-4-9-18-32)49-46(51-47)33-19-10-5-11-20-33/h3-30,39,43,45,47,50H,1-2H3,(H,49,51)/p+1. The Morgan fingerprint density at radius 2 is 1.35 bits per heavy atom. The maximum atomic E-state index is 5.33. The third-order valence-corrected chi connectivity index (χ3v) is 11.6. The molecule has 252 valence electrons. The maximum Gasteiger partial charge on any atom is 0.209 e. The summed E-state index contributed by atoms with van der Waals surface area (Å²) in [5, 5.41) is 6.08. The van der Waals surface area contributed by atoms with Gasteiger partial charge in [0, 0.05) is 39.4 Å². The number of hydrogen-bond donors (Lipinski definition) is 2. The molecule has 4 nitrogen and oxygen atoms in total. The molecule has 6 aromatic rings. The Hall–Kier alpha value is -5.97. The zero-order valence-electron chi connectivity index (χ0n) is 29.4. The van der Waals surface area contributed by atoms with Crippen LogP contribution >= 0.6 is 0 Å². The molecule has 0 saturated heterocycles. The van der Waals surface area contributed by atoms with Crippen molar-refractivity contribution in [2.45, 2.75) is 43.6 Å². The fraction of sp³-hybridized carbons (Fsp3) is 0.146. The summed E-state index contributed by atoms with van der Waals surface area (Å²) in [6.45, 7) is 4.76. The monoisotopic (exact) mass is 673 g/mol. The first-order valence-corrected chi connectivity index (χ1v) is 18.5. The Morgan fingerprint density at radius 3 is 2.13 bits per heavy atom. The number of allylic oxidation sites excluding steroid dienone is 2. The molecule has 0 saturated carbocycles. The molecule has 52 heavy (non-hydrogen) atoms. The summed E-state index contributed by atoms with van der Waals surface area (Å²) < 4.78 is 0. The van der Waals surface area contributed by atoms with Gasteiger partial charge in [-0.15, -0.1) is 0 Å². The summed E-state index contributed by atoms with van der Waals surface area (Å²) in [6, 6.07) is 55.3. The number of nitrogens with two attached hydrogens (primary N) is 1. The van der Waals surface area contributed by atoms with Crippen LogP contribution in [0.4, 0.5) is 11.4 Å². The molecular weight excluding hydrogens is 633 g/mol. The molecule has 4 heteroatoms. The van der Waals surface area contributed by atoms with Crippen LogP contribution in [0.25, 0.3) is 16.7 Å². The highest BCUT2D eigenvalue weighted by Gasteiger charge is 2.43. The Labute approximate surface area is 305 Å². The molecule has 0 bridgehead atoms. The number of benzene rings is 6. The van der Waals surface area contributed by atoms with Crippen LogP contribution in [-0.4, -0.2) is 11.9 Å². The number of fused-ring (bicyclic) bond motifs is 6. The zero-order valence-corrected chi connectivity index (χ0v) is 29.4. The largest absolute Gasteiger partial charge is 0.333 e. The number of nitrogens with one attached hydrogen (secondary N) is 1. The number of nitrogens with zero attached hydrogens (tertiary/aromatic N) is 2. The lowest BCUT2D eigenvalue weighted by molar-refractivity contribution is -0.739. The van der Waals surface area contributed by atoms with Gasteiger partial charge >= 0.3 is 0 Å². The second-order valence-electron chi connectivity index (χ2n) is 15.0. The summed E-state index contributed by atoms with van der Waals surface area (Å²) in [5.74, 6) is 1.14. The van der Waals surface area contributed by atoms with Gasteiger partial charge in [0.2, 0.25) is 6.17 Å². The van der Waals surface area contributed by atoms with Gasteiger partial charge in [0.15, 0.2) is 6.17 Å². The lowest BCUT2D eigenvalue weighted by atomic mass is 9.81. The van der Waals surface area contributed by atoms with Gasteiger partial charge in [-0.2, -0.15) is 0 Å². The van der Waals surface area contributed by atoms with Crippen LogP contribution in [0.15, 0.2) is 175 Å². The van der Waals surface area contributed by atoms with Crippen molar-refractivity contribution in [2.75, 3.05) is 4.90 Å². The predicted octanol–water partition coefficient (Wildman–Crippen LogP) is 9.56. The average Bonchev–Trinajstić information content (AvgIpc) is 3.65. The molecule has 2 aliphatic heterocycles. The van der Waals surface area contributed by atoms with E-state index in [-0.39, 0.29) is 29.7 Å². The second kappa shape index (κ2) is 12.1. The van der Waals surface area contributed by atoms with Crippen LogP contribution in [0, 0.1) is 0 Å². The van der Waals surface area contributed by atoms with Gasteiger partial charge < -0.3 is 10.2 Å². The fourth-order valence-electron chi connectivity index (χ4n) is 8.96. The lowest BCUT2D eigenvalue weighted by Crippen LogP contribution is -2.90. The highest BCUT2D eigenvalue weighted by atomic mass is 15.3. The van der Waals surface area contributed by atoms with Crippen molar-refractivity contribution >= 4 is 22.8 Å². The molecule has 2 aliphatic carbocycles. The van der Waals surface area contributed by atoms with Crippen LogP contribution in [0.1, 0.15) is 71.0 Å². The third kappa shape index (κ3) is 4.97. The molecule has 3 N–H and O–H groups in total. The van der Waals surface area contributed by atoms with Crippen molar-refractivity contribution in [3.63, 3.8) is 0 Å². The molecule has 4 unspecified atom stereocenters. The van der Waals surface area contributed by atoms with E-state index in [2.05, 4.69) is 199 Å². The number of anilines is 2. The molecule has 0 aromatic heterocycles. The summed E-state index contributed by atoms with van der Waals surface area (Å²) in [5.41, 5.74) is 15.4. The van der Waals surface area contributed by atoms with E-state index in [0.29, 0.717) is 0 Å². The predicted molar refractivity (Wildman–Crippen MR) is 213 cm³/mol. The highest BCUT2D eigenvalue weighted by Crippen LogP contribution is 2.56. The van der Waals surface area contributed by atoms with E-state index < -0.39 is 0 Å². The first-order chi connectivity index (χ1) is 25.5. The fourth-order valence-corrected chi connectivity index (χ4v) is 8.96. The second-order valence-corrected chi connectivity index (χ2v) is 15.0. The van der Waals surface area contributed by atoms with Gasteiger partial charge in [-0.05, 0) is 63.2 Å². The van der Waals surface area contributed by atoms with Crippen molar-refractivity contribution in [1.29, 1.82) is 0 Å². The minimum absolute atomic E-state index is 0.0359. The van der Waals surface area contributed by atoms with Gasteiger partial charge in [0.1, 0.15) is 5.84 Å². The molecule has 0 amide bonds. The number of hydrogen-bond acceptors (Lipinski definition) is 3. The molecule has 2 heterocycles. The molecule has 4 atom stereocenters. The van der Waals surface area contributed by atoms with Gasteiger partial charge in [0.05, 0.1) is 6.04 Å². The summed E-state index contributed by atoms with van der Waals surface area (Å²) in [7, 11) is 0. The molecule has 4 aliphatic rings. The van der Waals surface area contributed by atoms with E-state index >= 15 is 0 Å². The number of quaternary nitrogens is 1. The quantitative estimate of drug-likeness (QED) is 0.192. The highest BCUT2D eigenvalue weighted by molar-refractivity contribution is 5.99. The van der Waals surface area contributed by atoms with Crippen molar-refractivity contribution in [3.8, 4) is 11.1 Å². The smallest absolute Gasteiger partial charge is 0.209 e. The molecule has 6 aromatic carbocycles. The Kier molecular flexibility index (Phi) is 7.16. The van der Waals surface area contributed by atoms with Gasteiger partial charge in [-0.25, -0.2) is 4.99 Å².